The Labute approximate surface area is 116 Å². The maximum atomic E-state index is 13.1. The number of hydrogen-bond acceptors (Lipinski definition) is 0. The van der Waals surface area contributed by atoms with Crippen LogP contribution in [0.4, 0.5) is 4.39 Å². The van der Waals surface area contributed by atoms with Crippen molar-refractivity contribution in [2.24, 2.45) is 0 Å². The first-order valence-corrected chi connectivity index (χ1v) is 6.88. The van der Waals surface area contributed by atoms with Crippen molar-refractivity contribution in [3.63, 3.8) is 0 Å². The van der Waals surface area contributed by atoms with Crippen molar-refractivity contribution in [3.8, 4) is 0 Å². The quantitative estimate of drug-likeness (QED) is 0.666. The van der Waals surface area contributed by atoms with Crippen LogP contribution in [0.5, 0.6) is 0 Å². The van der Waals surface area contributed by atoms with Crippen molar-refractivity contribution in [3.05, 3.63) is 70.0 Å². The van der Waals surface area contributed by atoms with E-state index in [1.807, 2.05) is 13.0 Å². The van der Waals surface area contributed by atoms with Crippen molar-refractivity contribution in [1.29, 1.82) is 0 Å². The van der Waals surface area contributed by atoms with Crippen LogP contribution in [0, 0.1) is 26.6 Å². The Morgan fingerprint density at radius 2 is 1.61 bits per heavy atom. The standard InChI is InChI=1S/C16H16BrF/c1-10-4-5-13(8-11(10)2)16(17)15-7-6-14(18)9-12(15)3/h4-9,16H,1-3H3. The Hall–Kier alpha value is -1.15. The first-order valence-electron chi connectivity index (χ1n) is 5.96. The Morgan fingerprint density at radius 3 is 2.22 bits per heavy atom. The SMILES string of the molecule is Cc1ccc(C(Br)c2ccc(F)cc2C)cc1C. The summed E-state index contributed by atoms with van der Waals surface area (Å²) < 4.78 is 13.1. The van der Waals surface area contributed by atoms with Gasteiger partial charge >= 0.3 is 0 Å². The number of benzene rings is 2. The molecule has 0 saturated heterocycles. The molecule has 0 fully saturated rings. The molecule has 2 aromatic rings. The predicted octanol–water partition coefficient (Wildman–Crippen LogP) is 5.24. The van der Waals surface area contributed by atoms with Gasteiger partial charge in [-0.2, -0.15) is 0 Å². The molecule has 0 spiro atoms. The summed E-state index contributed by atoms with van der Waals surface area (Å²) in [5, 5.41) is 0. The minimum atomic E-state index is -0.184. The lowest BCUT2D eigenvalue weighted by Crippen LogP contribution is -1.97. The smallest absolute Gasteiger partial charge is 0.123 e. The zero-order valence-electron chi connectivity index (χ0n) is 10.8. The summed E-state index contributed by atoms with van der Waals surface area (Å²) in [5.74, 6) is -0.184. The highest BCUT2D eigenvalue weighted by molar-refractivity contribution is 9.09. The monoisotopic (exact) mass is 306 g/mol. The first kappa shape index (κ1) is 13.3. The lowest BCUT2D eigenvalue weighted by atomic mass is 9.97. The van der Waals surface area contributed by atoms with E-state index in [0.29, 0.717) is 0 Å². The lowest BCUT2D eigenvalue weighted by molar-refractivity contribution is 0.626. The fraction of sp³-hybridized carbons (Fsp3) is 0.250. The van der Waals surface area contributed by atoms with Crippen LogP contribution in [0.2, 0.25) is 0 Å². The number of alkyl halides is 1. The zero-order chi connectivity index (χ0) is 13.3. The molecular formula is C16H16BrF. The molecule has 2 heteroatoms. The third-order valence-corrected chi connectivity index (χ3v) is 4.35. The molecule has 2 rings (SSSR count). The van der Waals surface area contributed by atoms with Crippen molar-refractivity contribution in [2.45, 2.75) is 25.6 Å². The summed E-state index contributed by atoms with van der Waals surface area (Å²) in [4.78, 5) is 0.109. The van der Waals surface area contributed by atoms with Crippen LogP contribution in [0.1, 0.15) is 32.6 Å². The van der Waals surface area contributed by atoms with Crippen LogP contribution in [-0.4, -0.2) is 0 Å². The fourth-order valence-electron chi connectivity index (χ4n) is 2.03. The molecule has 0 radical (unpaired) electrons. The van der Waals surface area contributed by atoms with Crippen molar-refractivity contribution in [2.75, 3.05) is 0 Å². The molecule has 0 aromatic heterocycles. The Kier molecular flexibility index (Phi) is 3.86. The number of hydrogen-bond donors (Lipinski definition) is 0. The van der Waals surface area contributed by atoms with Gasteiger partial charge in [0, 0.05) is 0 Å². The average Bonchev–Trinajstić information content (AvgIpc) is 2.32. The molecule has 0 N–H and O–H groups in total. The van der Waals surface area contributed by atoms with Gasteiger partial charge in [0.25, 0.3) is 0 Å². The van der Waals surface area contributed by atoms with Crippen LogP contribution in [0.15, 0.2) is 36.4 Å². The molecule has 0 heterocycles. The largest absolute Gasteiger partial charge is 0.207 e. The van der Waals surface area contributed by atoms with E-state index in [4.69, 9.17) is 0 Å². The van der Waals surface area contributed by atoms with Crippen molar-refractivity contribution in [1.82, 2.24) is 0 Å². The van der Waals surface area contributed by atoms with Gasteiger partial charge < -0.3 is 0 Å². The second kappa shape index (κ2) is 5.23. The van der Waals surface area contributed by atoms with Crippen LogP contribution in [-0.2, 0) is 0 Å². The van der Waals surface area contributed by atoms with Crippen LogP contribution in [0.25, 0.3) is 0 Å². The summed E-state index contributed by atoms with van der Waals surface area (Å²) in [6.45, 7) is 6.15. The van der Waals surface area contributed by atoms with E-state index >= 15 is 0 Å². The molecule has 1 unspecified atom stereocenters. The van der Waals surface area contributed by atoms with Crippen molar-refractivity contribution >= 4 is 15.9 Å². The Bertz CT molecular complexity index is 575. The molecule has 0 bridgehead atoms. The van der Waals surface area contributed by atoms with Gasteiger partial charge in [0.2, 0.25) is 0 Å². The summed E-state index contributed by atoms with van der Waals surface area (Å²) in [5.41, 5.74) is 5.84. The minimum Gasteiger partial charge on any atom is -0.207 e. The van der Waals surface area contributed by atoms with E-state index in [2.05, 4.69) is 48.0 Å². The highest BCUT2D eigenvalue weighted by Gasteiger charge is 2.13. The van der Waals surface area contributed by atoms with E-state index in [1.54, 1.807) is 6.07 Å². The van der Waals surface area contributed by atoms with Gasteiger partial charge in [0.05, 0.1) is 4.83 Å². The van der Waals surface area contributed by atoms with Crippen LogP contribution >= 0.6 is 15.9 Å². The fourth-order valence-corrected chi connectivity index (χ4v) is 2.82. The maximum Gasteiger partial charge on any atom is 0.123 e. The molecule has 0 aliphatic rings. The van der Waals surface area contributed by atoms with Gasteiger partial charge in [-0.3, -0.25) is 0 Å². The second-order valence-corrected chi connectivity index (χ2v) is 5.62. The lowest BCUT2D eigenvalue weighted by Gasteiger charge is -2.15. The van der Waals surface area contributed by atoms with E-state index in [0.717, 1.165) is 11.1 Å². The topological polar surface area (TPSA) is 0 Å². The third-order valence-electron chi connectivity index (χ3n) is 3.33. The van der Waals surface area contributed by atoms with E-state index in [1.165, 1.54) is 22.8 Å². The summed E-state index contributed by atoms with van der Waals surface area (Å²) in [6.07, 6.45) is 0. The Morgan fingerprint density at radius 1 is 0.889 bits per heavy atom. The summed E-state index contributed by atoms with van der Waals surface area (Å²) >= 11 is 3.71. The first-order chi connectivity index (χ1) is 8.49. The van der Waals surface area contributed by atoms with E-state index in [-0.39, 0.29) is 10.6 Å². The number of aryl methyl sites for hydroxylation is 3. The van der Waals surface area contributed by atoms with Gasteiger partial charge in [-0.25, -0.2) is 4.39 Å². The molecule has 94 valence electrons. The molecule has 0 amide bonds. The second-order valence-electron chi connectivity index (χ2n) is 4.71. The Balaban J connectivity index is 2.41. The molecule has 18 heavy (non-hydrogen) atoms. The highest BCUT2D eigenvalue weighted by atomic mass is 79.9. The molecule has 0 saturated carbocycles. The van der Waals surface area contributed by atoms with Crippen LogP contribution in [0.3, 0.4) is 0 Å². The predicted molar refractivity (Wildman–Crippen MR) is 77.8 cm³/mol. The minimum absolute atomic E-state index is 0.109. The van der Waals surface area contributed by atoms with Crippen molar-refractivity contribution < 1.29 is 4.39 Å². The molecule has 0 nitrogen and oxygen atoms in total. The van der Waals surface area contributed by atoms with E-state index < -0.39 is 0 Å². The van der Waals surface area contributed by atoms with Gasteiger partial charge in [-0.05, 0) is 60.7 Å². The molecule has 1 atom stereocenters. The maximum absolute atomic E-state index is 13.1. The van der Waals surface area contributed by atoms with Crippen LogP contribution < -0.4 is 0 Å². The average molecular weight is 307 g/mol. The molecular weight excluding hydrogens is 291 g/mol. The van der Waals surface area contributed by atoms with Gasteiger partial charge in [0.1, 0.15) is 5.82 Å². The number of rotatable bonds is 2. The van der Waals surface area contributed by atoms with Gasteiger partial charge in [0.15, 0.2) is 0 Å². The molecule has 0 aliphatic carbocycles. The normalized spacial score (nSPS) is 12.5. The molecule has 0 aliphatic heterocycles. The van der Waals surface area contributed by atoms with Gasteiger partial charge in [-0.15, -0.1) is 0 Å². The summed E-state index contributed by atoms with van der Waals surface area (Å²) in [7, 11) is 0. The third kappa shape index (κ3) is 2.64. The summed E-state index contributed by atoms with van der Waals surface area (Å²) in [6, 6.07) is 11.3. The molecule has 2 aromatic carbocycles. The van der Waals surface area contributed by atoms with Gasteiger partial charge in [-0.1, -0.05) is 40.2 Å². The zero-order valence-corrected chi connectivity index (χ0v) is 12.4. The number of halogens is 2. The highest BCUT2D eigenvalue weighted by Crippen LogP contribution is 2.33. The van der Waals surface area contributed by atoms with E-state index in [9.17, 15) is 4.39 Å².